The summed E-state index contributed by atoms with van der Waals surface area (Å²) >= 11 is 0. The smallest absolute Gasteiger partial charge is 0.331 e. The molecular formula is C42H70O12. The summed E-state index contributed by atoms with van der Waals surface area (Å²) in [7, 11) is 8.31. The van der Waals surface area contributed by atoms with Gasteiger partial charge in [-0.15, -0.1) is 0 Å². The summed E-state index contributed by atoms with van der Waals surface area (Å²) < 4.78 is 54.9. The van der Waals surface area contributed by atoms with Crippen molar-refractivity contribution in [3.8, 4) is 0 Å². The molecule has 0 aromatic heterocycles. The summed E-state index contributed by atoms with van der Waals surface area (Å²) in [5.41, 5.74) is -0.0470. The van der Waals surface area contributed by atoms with Crippen LogP contribution in [-0.2, 0) is 47.4 Å². The molecule has 16 atom stereocenters. The number of ether oxygens (including phenoxy) is 9. The zero-order valence-corrected chi connectivity index (χ0v) is 34.4. The average molecular weight is 767 g/mol. The van der Waals surface area contributed by atoms with Gasteiger partial charge in [-0.05, 0) is 51.9 Å². The van der Waals surface area contributed by atoms with E-state index in [2.05, 4.69) is 13.0 Å². The number of aliphatic hydroxyl groups excluding tert-OH is 2. The minimum Gasteiger partial charge on any atom is -0.458 e. The van der Waals surface area contributed by atoms with Gasteiger partial charge in [-0.2, -0.15) is 0 Å². The van der Waals surface area contributed by atoms with Crippen LogP contribution in [0.4, 0.5) is 0 Å². The fourth-order valence-electron chi connectivity index (χ4n) is 8.87. The minimum absolute atomic E-state index is 0.0589. The van der Waals surface area contributed by atoms with Crippen molar-refractivity contribution in [1.29, 1.82) is 0 Å². The Hall–Kier alpha value is -1.71. The second kappa shape index (κ2) is 21.2. The van der Waals surface area contributed by atoms with Crippen LogP contribution in [0, 0.1) is 17.8 Å². The lowest BCUT2D eigenvalue weighted by Gasteiger charge is -2.39. The Bertz CT molecular complexity index is 1230. The minimum atomic E-state index is -0.939. The summed E-state index contributed by atoms with van der Waals surface area (Å²) in [5.74, 6) is -1.44. The predicted molar refractivity (Wildman–Crippen MR) is 204 cm³/mol. The summed E-state index contributed by atoms with van der Waals surface area (Å²) in [6, 6.07) is 0. The highest BCUT2D eigenvalue weighted by atomic mass is 16.6. The SMILES string of the molecule is COC1CC(C)OC(CCC(C)C(O)C(C)C2OC(=O)C=CC(C)=CC(O)C(OC)CC3C=CCC(CC(OC)C4(CO4)C(OC)CC(OC)C2C)O3)C1. The highest BCUT2D eigenvalue weighted by Gasteiger charge is 2.59. The van der Waals surface area contributed by atoms with Crippen LogP contribution in [0.2, 0.25) is 0 Å². The average Bonchev–Trinajstić information content (AvgIpc) is 3.97. The molecule has 2 fully saturated rings. The summed E-state index contributed by atoms with van der Waals surface area (Å²) in [6.45, 7) is 10.3. The van der Waals surface area contributed by atoms with Crippen LogP contribution in [0.3, 0.4) is 0 Å². The standard InChI is InChI=1S/C42H70O12/c1-25-14-17-39(44)54-41(29(5)40(45)26(2)15-16-32-20-33(46-6)19-27(3)52-32)28(4)35(47-7)23-38(50-10)42(24-51-42)37(49-9)22-31-13-11-12-30(53-31)21-36(48-8)34(43)18-25/h11-12,14,17-18,26-38,40-41,43,45H,13,15-16,19-24H2,1-10H3. The topological polar surface area (TPSA) is 144 Å². The quantitative estimate of drug-likeness (QED) is 0.164. The number of rotatable bonds is 11. The van der Waals surface area contributed by atoms with Crippen LogP contribution >= 0.6 is 0 Å². The predicted octanol–water partition coefficient (Wildman–Crippen LogP) is 5.12. The third kappa shape index (κ3) is 11.9. The maximum absolute atomic E-state index is 13.6. The summed E-state index contributed by atoms with van der Waals surface area (Å²) in [4.78, 5) is 13.6. The summed E-state index contributed by atoms with van der Waals surface area (Å²) in [5, 5.41) is 23.0. The molecule has 54 heavy (non-hydrogen) atoms. The fraction of sp³-hybridized carbons (Fsp3) is 0.833. The number of cyclic esters (lactones) is 1. The fourth-order valence-corrected chi connectivity index (χ4v) is 8.87. The maximum atomic E-state index is 13.6. The Morgan fingerprint density at radius 2 is 1.57 bits per heavy atom. The molecule has 12 heteroatoms. The van der Waals surface area contributed by atoms with E-state index in [1.165, 1.54) is 6.08 Å². The van der Waals surface area contributed by atoms with E-state index in [1.807, 2.05) is 33.8 Å². The maximum Gasteiger partial charge on any atom is 0.331 e. The van der Waals surface area contributed by atoms with Crippen molar-refractivity contribution < 1.29 is 57.6 Å². The number of aliphatic hydroxyl groups is 2. The summed E-state index contributed by atoms with van der Waals surface area (Å²) in [6.07, 6.45) is 10.0. The van der Waals surface area contributed by atoms with Crippen molar-refractivity contribution in [2.75, 3.05) is 42.2 Å². The van der Waals surface area contributed by atoms with E-state index in [4.69, 9.17) is 42.6 Å². The molecule has 12 nitrogen and oxygen atoms in total. The van der Waals surface area contributed by atoms with Gasteiger partial charge in [0.05, 0.1) is 73.8 Å². The van der Waals surface area contributed by atoms with Crippen LogP contribution in [0.5, 0.6) is 0 Å². The van der Waals surface area contributed by atoms with Crippen molar-refractivity contribution in [3.05, 3.63) is 36.0 Å². The molecule has 2 saturated heterocycles. The zero-order valence-electron chi connectivity index (χ0n) is 34.4. The van der Waals surface area contributed by atoms with Crippen LogP contribution < -0.4 is 0 Å². The zero-order chi connectivity index (χ0) is 39.6. The Labute approximate surface area is 323 Å². The number of carbonyl (C=O) groups excluding carboxylic acids is 1. The van der Waals surface area contributed by atoms with E-state index in [-0.39, 0.29) is 48.5 Å². The molecule has 1 spiro atoms. The molecule has 0 aromatic carbocycles. The van der Waals surface area contributed by atoms with Gasteiger partial charge in [0.25, 0.3) is 0 Å². The van der Waals surface area contributed by atoms with Gasteiger partial charge < -0.3 is 52.8 Å². The molecule has 0 radical (unpaired) electrons. The van der Waals surface area contributed by atoms with Crippen molar-refractivity contribution in [1.82, 2.24) is 0 Å². The van der Waals surface area contributed by atoms with Gasteiger partial charge in [0.15, 0.2) is 0 Å². The Morgan fingerprint density at radius 1 is 0.889 bits per heavy atom. The van der Waals surface area contributed by atoms with E-state index in [1.54, 1.807) is 47.7 Å². The Balaban J connectivity index is 1.61. The van der Waals surface area contributed by atoms with Crippen molar-refractivity contribution in [2.45, 2.75) is 165 Å². The number of hydrogen-bond donors (Lipinski definition) is 2. The lowest BCUT2D eigenvalue weighted by Crippen LogP contribution is -2.50. The van der Waals surface area contributed by atoms with Crippen molar-refractivity contribution in [2.24, 2.45) is 17.8 Å². The van der Waals surface area contributed by atoms with Crippen LogP contribution in [0.15, 0.2) is 36.0 Å². The first-order chi connectivity index (χ1) is 25.8. The number of methoxy groups -OCH3 is 5. The number of allylic oxidation sites excluding steroid dienone is 2. The lowest BCUT2D eigenvalue weighted by atomic mass is 9.78. The monoisotopic (exact) mass is 766 g/mol. The number of hydrogen-bond acceptors (Lipinski definition) is 12. The third-order valence-electron chi connectivity index (χ3n) is 12.4. The molecule has 4 aliphatic rings. The van der Waals surface area contributed by atoms with Crippen LogP contribution in [-0.4, -0.2) is 137 Å². The number of carbonyl (C=O) groups is 1. The molecule has 4 aliphatic heterocycles. The van der Waals surface area contributed by atoms with Gasteiger partial charge in [0.2, 0.25) is 0 Å². The molecule has 4 heterocycles. The molecule has 4 rings (SSSR count). The van der Waals surface area contributed by atoms with E-state index >= 15 is 0 Å². The Kier molecular flexibility index (Phi) is 17.6. The Morgan fingerprint density at radius 3 is 2.20 bits per heavy atom. The van der Waals surface area contributed by atoms with E-state index in [9.17, 15) is 15.0 Å². The van der Waals surface area contributed by atoms with Crippen LogP contribution in [0.25, 0.3) is 0 Å². The molecule has 0 aliphatic carbocycles. The van der Waals surface area contributed by atoms with Gasteiger partial charge in [0.1, 0.15) is 11.7 Å². The molecule has 0 amide bonds. The first-order valence-electron chi connectivity index (χ1n) is 20.0. The normalized spacial score (nSPS) is 40.4. The van der Waals surface area contributed by atoms with Gasteiger partial charge >= 0.3 is 5.97 Å². The van der Waals surface area contributed by atoms with Crippen molar-refractivity contribution >= 4 is 5.97 Å². The third-order valence-corrected chi connectivity index (χ3v) is 12.4. The van der Waals surface area contributed by atoms with Gasteiger partial charge in [0, 0.05) is 72.7 Å². The van der Waals surface area contributed by atoms with Crippen molar-refractivity contribution in [3.63, 3.8) is 0 Å². The van der Waals surface area contributed by atoms with Gasteiger partial charge in [-0.3, -0.25) is 0 Å². The largest absolute Gasteiger partial charge is 0.458 e. The van der Waals surface area contributed by atoms with Gasteiger partial charge in [-0.25, -0.2) is 4.79 Å². The molecule has 2 bridgehead atoms. The molecular weight excluding hydrogens is 696 g/mol. The van der Waals surface area contributed by atoms with Crippen LogP contribution in [0.1, 0.15) is 86.0 Å². The second-order valence-electron chi connectivity index (χ2n) is 16.2. The second-order valence-corrected chi connectivity index (χ2v) is 16.2. The number of epoxide rings is 1. The first-order valence-corrected chi connectivity index (χ1v) is 20.0. The number of esters is 1. The highest BCUT2D eigenvalue weighted by molar-refractivity contribution is 5.82. The molecule has 2 N–H and O–H groups in total. The van der Waals surface area contributed by atoms with Gasteiger partial charge in [-0.1, -0.05) is 50.6 Å². The molecule has 16 unspecified atom stereocenters. The molecule has 0 aromatic rings. The van der Waals surface area contributed by atoms with E-state index in [0.717, 1.165) is 32.1 Å². The number of fused-ring (bicyclic) bond motifs is 2. The van der Waals surface area contributed by atoms with E-state index < -0.39 is 54.1 Å². The highest BCUT2D eigenvalue weighted by Crippen LogP contribution is 2.43. The van der Waals surface area contributed by atoms with E-state index in [0.29, 0.717) is 31.4 Å². The molecule has 310 valence electrons. The first kappa shape index (κ1) is 45.0. The lowest BCUT2D eigenvalue weighted by molar-refractivity contribution is -0.159. The molecule has 0 saturated carbocycles.